The highest BCUT2D eigenvalue weighted by Crippen LogP contribution is 2.46. The normalized spacial score (nSPS) is 11.5. The Bertz CT molecular complexity index is 3250. The number of pyridine rings is 1. The van der Waals surface area contributed by atoms with Gasteiger partial charge < -0.3 is 4.42 Å². The molecule has 0 amide bonds. The molecule has 0 bridgehead atoms. The van der Waals surface area contributed by atoms with Crippen molar-refractivity contribution in [3.8, 4) is 67.7 Å². The van der Waals surface area contributed by atoms with Crippen LogP contribution in [0.2, 0.25) is 0 Å². The molecule has 3 heterocycles. The van der Waals surface area contributed by atoms with Crippen LogP contribution < -0.4 is 0 Å². The van der Waals surface area contributed by atoms with Crippen LogP contribution in [-0.2, 0) is 0 Å². The highest BCUT2D eigenvalue weighted by molar-refractivity contribution is 6.27. The highest BCUT2D eigenvalue weighted by atomic mass is 16.3. The topological polar surface area (TPSA) is 64.7 Å². The summed E-state index contributed by atoms with van der Waals surface area (Å²) >= 11 is 0. The van der Waals surface area contributed by atoms with E-state index >= 15 is 0 Å². The number of aromatic nitrogens is 4. The van der Waals surface area contributed by atoms with E-state index in [2.05, 4.69) is 146 Å². The summed E-state index contributed by atoms with van der Waals surface area (Å²) in [4.78, 5) is 20.3. The molecule has 0 aliphatic heterocycles. The second-order valence-electron chi connectivity index (χ2n) is 14.2. The summed E-state index contributed by atoms with van der Waals surface area (Å²) in [6.45, 7) is 0. The molecule has 3 aromatic heterocycles. The van der Waals surface area contributed by atoms with Crippen LogP contribution in [0.25, 0.3) is 111 Å². The molecule has 0 saturated carbocycles. The van der Waals surface area contributed by atoms with E-state index in [1.54, 1.807) is 0 Å². The van der Waals surface area contributed by atoms with Crippen molar-refractivity contribution in [2.45, 2.75) is 0 Å². The summed E-state index contributed by atoms with van der Waals surface area (Å²) in [5.41, 5.74) is 11.8. The zero-order valence-corrected chi connectivity index (χ0v) is 30.7. The van der Waals surface area contributed by atoms with Gasteiger partial charge in [0.1, 0.15) is 11.2 Å². The van der Waals surface area contributed by atoms with Crippen LogP contribution in [0.5, 0.6) is 0 Å². The van der Waals surface area contributed by atoms with E-state index in [-0.39, 0.29) is 0 Å². The van der Waals surface area contributed by atoms with Crippen molar-refractivity contribution < 1.29 is 4.42 Å². The Labute approximate surface area is 328 Å². The Morgan fingerprint density at radius 1 is 0.298 bits per heavy atom. The van der Waals surface area contributed by atoms with Gasteiger partial charge >= 0.3 is 0 Å². The van der Waals surface area contributed by atoms with Crippen molar-refractivity contribution in [2.75, 3.05) is 0 Å². The zero-order chi connectivity index (χ0) is 37.7. The maximum absolute atomic E-state index is 6.58. The molecule has 0 unspecified atom stereocenters. The Balaban J connectivity index is 1.08. The Morgan fingerprint density at radius 2 is 0.754 bits per heavy atom. The molecule has 266 valence electrons. The largest absolute Gasteiger partial charge is 0.456 e. The highest BCUT2D eigenvalue weighted by Gasteiger charge is 2.22. The minimum Gasteiger partial charge on any atom is -0.456 e. The lowest BCUT2D eigenvalue weighted by molar-refractivity contribution is 0.669. The van der Waals surface area contributed by atoms with Gasteiger partial charge in [-0.2, -0.15) is 0 Å². The number of fused-ring (bicyclic) bond motifs is 6. The van der Waals surface area contributed by atoms with Gasteiger partial charge in [-0.05, 0) is 34.9 Å². The second kappa shape index (κ2) is 13.5. The first-order chi connectivity index (χ1) is 28.2. The van der Waals surface area contributed by atoms with E-state index in [4.69, 9.17) is 24.4 Å². The van der Waals surface area contributed by atoms with E-state index in [0.717, 1.165) is 93.8 Å². The number of furan rings is 1. The van der Waals surface area contributed by atoms with Crippen molar-refractivity contribution in [3.05, 3.63) is 194 Å². The van der Waals surface area contributed by atoms with Crippen LogP contribution >= 0.6 is 0 Å². The minimum atomic E-state index is 0.601. The van der Waals surface area contributed by atoms with E-state index < -0.39 is 0 Å². The van der Waals surface area contributed by atoms with E-state index in [0.29, 0.717) is 17.5 Å². The first kappa shape index (κ1) is 32.7. The maximum atomic E-state index is 6.58. The number of hydrogen-bond donors (Lipinski definition) is 0. The van der Waals surface area contributed by atoms with Crippen LogP contribution in [0.3, 0.4) is 0 Å². The molecule has 0 aliphatic carbocycles. The van der Waals surface area contributed by atoms with Crippen molar-refractivity contribution in [1.82, 2.24) is 19.9 Å². The number of rotatable bonds is 6. The van der Waals surface area contributed by atoms with Crippen LogP contribution in [0.1, 0.15) is 0 Å². The van der Waals surface area contributed by atoms with E-state index in [1.807, 2.05) is 48.5 Å². The molecule has 0 spiro atoms. The van der Waals surface area contributed by atoms with Gasteiger partial charge in [-0.3, -0.25) is 0 Å². The van der Waals surface area contributed by atoms with Gasteiger partial charge in [-0.1, -0.05) is 176 Å². The Kier molecular flexibility index (Phi) is 7.74. The molecule has 0 N–H and O–H groups in total. The van der Waals surface area contributed by atoms with Crippen molar-refractivity contribution in [1.29, 1.82) is 0 Å². The number of nitrogens with zero attached hydrogens (tertiary/aromatic N) is 4. The fourth-order valence-corrected chi connectivity index (χ4v) is 8.00. The predicted molar refractivity (Wildman–Crippen MR) is 233 cm³/mol. The van der Waals surface area contributed by atoms with E-state index in [1.165, 1.54) is 0 Å². The summed E-state index contributed by atoms with van der Waals surface area (Å²) in [5.74, 6) is 1.84. The van der Waals surface area contributed by atoms with Crippen molar-refractivity contribution in [3.63, 3.8) is 0 Å². The first-order valence-electron chi connectivity index (χ1n) is 19.1. The molecule has 11 rings (SSSR count). The molecular formula is C52H32N4O. The quantitative estimate of drug-likeness (QED) is 0.160. The van der Waals surface area contributed by atoms with E-state index in [9.17, 15) is 0 Å². The average molecular weight is 729 g/mol. The number of hydrogen-bond acceptors (Lipinski definition) is 5. The standard InChI is InChI=1S/C52H32N4O/c1-4-14-33(15-5-1)34-24-28-38(29-25-34)51-54-50(37-18-8-3-9-19-37)55-52(56-51)39-30-26-36(27-31-39)49-42-32-45-48(41-21-11-13-23-44(41)57-45)46(35-16-6-2-7-17-35)47(42)40-20-10-12-22-43(40)53-49/h1-32H. The molecule has 57 heavy (non-hydrogen) atoms. The van der Waals surface area contributed by atoms with Gasteiger partial charge in [0, 0.05) is 54.7 Å². The Morgan fingerprint density at radius 3 is 1.39 bits per heavy atom. The second-order valence-corrected chi connectivity index (χ2v) is 14.2. The molecule has 0 fully saturated rings. The number of para-hydroxylation sites is 2. The van der Waals surface area contributed by atoms with Crippen LogP contribution in [0, 0.1) is 0 Å². The molecule has 8 aromatic carbocycles. The monoisotopic (exact) mass is 728 g/mol. The van der Waals surface area contributed by atoms with Crippen LogP contribution in [0.4, 0.5) is 0 Å². The zero-order valence-electron chi connectivity index (χ0n) is 30.7. The SMILES string of the molecule is c1ccc(-c2ccc(-c3nc(-c4ccccc4)nc(-c4ccc(-c5nc6ccccc6c6c(-c7ccccc7)c7c(cc56)oc5ccccc57)cc4)n3)cc2)cc1. The minimum absolute atomic E-state index is 0.601. The van der Waals surface area contributed by atoms with Crippen LogP contribution in [-0.4, -0.2) is 19.9 Å². The van der Waals surface area contributed by atoms with Gasteiger partial charge in [0.15, 0.2) is 17.5 Å². The molecule has 0 aliphatic rings. The van der Waals surface area contributed by atoms with Crippen LogP contribution in [0.15, 0.2) is 199 Å². The van der Waals surface area contributed by atoms with Crippen molar-refractivity contribution >= 4 is 43.6 Å². The number of benzene rings is 8. The van der Waals surface area contributed by atoms with Gasteiger partial charge in [-0.15, -0.1) is 0 Å². The molecular weight excluding hydrogens is 697 g/mol. The average Bonchev–Trinajstić information content (AvgIpc) is 3.67. The summed E-state index contributed by atoms with van der Waals surface area (Å²) in [7, 11) is 0. The maximum Gasteiger partial charge on any atom is 0.164 e. The molecule has 11 aromatic rings. The fraction of sp³-hybridized carbons (Fsp3) is 0. The van der Waals surface area contributed by atoms with Crippen molar-refractivity contribution in [2.24, 2.45) is 0 Å². The molecule has 0 atom stereocenters. The van der Waals surface area contributed by atoms with Gasteiger partial charge in [0.05, 0.1) is 11.2 Å². The van der Waals surface area contributed by atoms with Gasteiger partial charge in [0.25, 0.3) is 0 Å². The molecule has 0 radical (unpaired) electrons. The molecule has 0 saturated heterocycles. The smallest absolute Gasteiger partial charge is 0.164 e. The lowest BCUT2D eigenvalue weighted by Gasteiger charge is -2.16. The summed E-state index contributed by atoms with van der Waals surface area (Å²) < 4.78 is 6.58. The predicted octanol–water partition coefficient (Wildman–Crippen LogP) is 13.5. The summed E-state index contributed by atoms with van der Waals surface area (Å²) in [6, 6.07) is 66.8. The fourth-order valence-electron chi connectivity index (χ4n) is 8.00. The van der Waals surface area contributed by atoms with Gasteiger partial charge in [0.2, 0.25) is 0 Å². The lowest BCUT2D eigenvalue weighted by atomic mass is 9.89. The third kappa shape index (κ3) is 5.72. The molecule has 5 nitrogen and oxygen atoms in total. The lowest BCUT2D eigenvalue weighted by Crippen LogP contribution is -2.00. The van der Waals surface area contributed by atoms with Gasteiger partial charge in [-0.25, -0.2) is 19.9 Å². The first-order valence-corrected chi connectivity index (χ1v) is 19.1. The third-order valence-corrected chi connectivity index (χ3v) is 10.7. The molecule has 5 heteroatoms. The summed E-state index contributed by atoms with van der Waals surface area (Å²) in [6.07, 6.45) is 0. The summed E-state index contributed by atoms with van der Waals surface area (Å²) in [5, 5.41) is 5.48. The Hall–Kier alpha value is -7.76. The third-order valence-electron chi connectivity index (χ3n) is 10.7.